The molecule has 3 heterocycles. The van der Waals surface area contributed by atoms with Crippen LogP contribution in [-0.4, -0.2) is 47.8 Å². The summed E-state index contributed by atoms with van der Waals surface area (Å²) in [7, 11) is 0. The third-order valence-electron chi connectivity index (χ3n) is 7.56. The van der Waals surface area contributed by atoms with Gasteiger partial charge in [-0.25, -0.2) is 0 Å². The highest BCUT2D eigenvalue weighted by Crippen LogP contribution is 2.38. The van der Waals surface area contributed by atoms with Crippen LogP contribution in [0.5, 0.6) is 11.5 Å². The van der Waals surface area contributed by atoms with Crippen molar-refractivity contribution in [2.75, 3.05) is 36.8 Å². The second-order valence-corrected chi connectivity index (χ2v) is 10.1. The van der Waals surface area contributed by atoms with E-state index in [4.69, 9.17) is 9.47 Å². The first kappa shape index (κ1) is 24.1. The molecule has 2 amide bonds. The molecule has 0 radical (unpaired) electrons. The lowest BCUT2D eigenvalue weighted by Crippen LogP contribution is -2.50. The van der Waals surface area contributed by atoms with Crippen molar-refractivity contribution in [3.05, 3.63) is 119 Å². The number of hydrogen-bond acceptors (Lipinski definition) is 6. The minimum Gasteiger partial charge on any atom is -0.464 e. The van der Waals surface area contributed by atoms with Crippen LogP contribution in [-0.2, 0) is 0 Å². The highest BCUT2D eigenvalue weighted by atomic mass is 16.5. The van der Waals surface area contributed by atoms with E-state index < -0.39 is 0 Å². The fourth-order valence-electron chi connectivity index (χ4n) is 5.42. The summed E-state index contributed by atoms with van der Waals surface area (Å²) in [5.74, 6) is 1.51. The molecule has 2 unspecified atom stereocenters. The average Bonchev–Trinajstić information content (AvgIpc) is 3.65. The van der Waals surface area contributed by atoms with E-state index in [1.807, 2.05) is 107 Å². The summed E-state index contributed by atoms with van der Waals surface area (Å²) in [5.41, 5.74) is 4.87. The Morgan fingerprint density at radius 3 is 1.43 bits per heavy atom. The van der Waals surface area contributed by atoms with Gasteiger partial charge in [-0.3, -0.25) is 9.59 Å². The number of hydrogen-bond donors (Lipinski definition) is 2. The van der Waals surface area contributed by atoms with Crippen LogP contribution >= 0.6 is 0 Å². The molecular formula is C32H28N4O4. The zero-order valence-electron chi connectivity index (χ0n) is 21.7. The van der Waals surface area contributed by atoms with Gasteiger partial charge < -0.3 is 29.9 Å². The molecule has 8 nitrogen and oxygen atoms in total. The van der Waals surface area contributed by atoms with E-state index in [0.29, 0.717) is 37.3 Å². The highest BCUT2D eigenvalue weighted by molar-refractivity contribution is 5.96. The first-order chi connectivity index (χ1) is 19.6. The molecule has 2 N–H and O–H groups in total. The molecule has 0 spiro atoms. The van der Waals surface area contributed by atoms with Crippen molar-refractivity contribution >= 4 is 23.2 Å². The van der Waals surface area contributed by atoms with E-state index in [-0.39, 0.29) is 24.3 Å². The summed E-state index contributed by atoms with van der Waals surface area (Å²) in [4.78, 5) is 30.3. The van der Waals surface area contributed by atoms with E-state index in [1.165, 1.54) is 0 Å². The Hall–Kier alpha value is -4.98. The molecule has 4 aromatic rings. The normalized spacial score (nSPS) is 19.0. The molecule has 0 aliphatic carbocycles. The van der Waals surface area contributed by atoms with Gasteiger partial charge in [-0.2, -0.15) is 0 Å². The molecule has 8 heteroatoms. The average molecular weight is 533 g/mol. The topological polar surface area (TPSA) is 83.1 Å². The summed E-state index contributed by atoms with van der Waals surface area (Å²) in [6.07, 6.45) is -0.677. The Bertz CT molecular complexity index is 1430. The monoisotopic (exact) mass is 532 g/mol. The van der Waals surface area contributed by atoms with E-state index in [1.54, 1.807) is 0 Å². The Morgan fingerprint density at radius 1 is 0.575 bits per heavy atom. The van der Waals surface area contributed by atoms with Gasteiger partial charge in [0, 0.05) is 48.4 Å². The molecule has 0 saturated carbocycles. The van der Waals surface area contributed by atoms with Gasteiger partial charge in [-0.15, -0.1) is 0 Å². The maximum Gasteiger partial charge on any atom is 0.253 e. The van der Waals surface area contributed by atoms with Crippen LogP contribution in [0.25, 0.3) is 0 Å². The largest absolute Gasteiger partial charge is 0.464 e. The number of amides is 2. The Labute approximate surface area is 232 Å². The first-order valence-corrected chi connectivity index (χ1v) is 13.5. The van der Waals surface area contributed by atoms with Crippen molar-refractivity contribution in [3.63, 3.8) is 0 Å². The summed E-state index contributed by atoms with van der Waals surface area (Å²) >= 11 is 0. The van der Waals surface area contributed by atoms with Crippen LogP contribution in [0.15, 0.2) is 97.1 Å². The number of rotatable bonds is 4. The lowest BCUT2D eigenvalue weighted by Gasteiger charge is -2.35. The lowest BCUT2D eigenvalue weighted by atomic mass is 10.1. The molecular weight excluding hydrogens is 504 g/mol. The summed E-state index contributed by atoms with van der Waals surface area (Å²) in [6.45, 7) is 1.89. The molecule has 200 valence electrons. The maximum atomic E-state index is 13.4. The van der Waals surface area contributed by atoms with Crippen molar-refractivity contribution in [2.45, 2.75) is 12.5 Å². The Balaban J connectivity index is 0.981. The number of fused-ring (bicyclic) bond motifs is 2. The minimum absolute atomic E-state index is 0.0459. The SMILES string of the molecule is O=C(c1cccc(C2Nc3ccccc3O2)c1)N1CCN(C(=O)c2cccc(C3Nc4ccccc4O3)c2)CC1. The quantitative estimate of drug-likeness (QED) is 0.372. The molecule has 0 bridgehead atoms. The van der Waals surface area contributed by atoms with Crippen molar-refractivity contribution in [1.29, 1.82) is 0 Å². The number of piperazine rings is 1. The number of nitrogens with zero attached hydrogens (tertiary/aromatic N) is 2. The molecule has 1 fully saturated rings. The van der Waals surface area contributed by atoms with Gasteiger partial charge in [-0.05, 0) is 48.5 Å². The van der Waals surface area contributed by atoms with E-state index in [2.05, 4.69) is 10.6 Å². The van der Waals surface area contributed by atoms with E-state index in [9.17, 15) is 9.59 Å². The van der Waals surface area contributed by atoms with Crippen LogP contribution in [0.2, 0.25) is 0 Å². The minimum atomic E-state index is -0.339. The molecule has 4 aromatic carbocycles. The number of carbonyl (C=O) groups excluding carboxylic acids is 2. The number of ether oxygens (including phenoxy) is 2. The number of anilines is 2. The smallest absolute Gasteiger partial charge is 0.253 e. The summed E-state index contributed by atoms with van der Waals surface area (Å²) < 4.78 is 12.0. The van der Waals surface area contributed by atoms with Crippen LogP contribution in [0.4, 0.5) is 11.4 Å². The van der Waals surface area contributed by atoms with Crippen molar-refractivity contribution < 1.29 is 19.1 Å². The summed E-state index contributed by atoms with van der Waals surface area (Å²) in [5, 5.41) is 6.71. The molecule has 1 saturated heterocycles. The van der Waals surface area contributed by atoms with E-state index in [0.717, 1.165) is 34.0 Å². The van der Waals surface area contributed by atoms with Crippen LogP contribution < -0.4 is 20.1 Å². The highest BCUT2D eigenvalue weighted by Gasteiger charge is 2.29. The number of para-hydroxylation sites is 4. The Morgan fingerprint density at radius 2 is 1.00 bits per heavy atom. The van der Waals surface area contributed by atoms with Gasteiger partial charge in [0.25, 0.3) is 11.8 Å². The van der Waals surface area contributed by atoms with E-state index >= 15 is 0 Å². The van der Waals surface area contributed by atoms with Gasteiger partial charge in [-0.1, -0.05) is 48.5 Å². The third kappa shape index (κ3) is 4.47. The van der Waals surface area contributed by atoms with Gasteiger partial charge >= 0.3 is 0 Å². The van der Waals surface area contributed by atoms with Gasteiger partial charge in [0.2, 0.25) is 0 Å². The predicted molar refractivity (Wildman–Crippen MR) is 152 cm³/mol. The molecule has 0 aromatic heterocycles. The number of carbonyl (C=O) groups is 2. The van der Waals surface area contributed by atoms with Gasteiger partial charge in [0.15, 0.2) is 12.5 Å². The molecule has 2 atom stereocenters. The predicted octanol–water partition coefficient (Wildman–Crippen LogP) is 5.29. The molecule has 3 aliphatic heterocycles. The fraction of sp³-hybridized carbons (Fsp3) is 0.188. The van der Waals surface area contributed by atoms with Crippen LogP contribution in [0, 0.1) is 0 Å². The zero-order valence-corrected chi connectivity index (χ0v) is 21.7. The van der Waals surface area contributed by atoms with Crippen LogP contribution in [0.3, 0.4) is 0 Å². The van der Waals surface area contributed by atoms with Gasteiger partial charge in [0.1, 0.15) is 11.5 Å². The van der Waals surface area contributed by atoms with Crippen molar-refractivity contribution in [2.24, 2.45) is 0 Å². The fourth-order valence-corrected chi connectivity index (χ4v) is 5.42. The lowest BCUT2D eigenvalue weighted by molar-refractivity contribution is 0.0535. The first-order valence-electron chi connectivity index (χ1n) is 13.5. The second-order valence-electron chi connectivity index (χ2n) is 10.1. The van der Waals surface area contributed by atoms with Gasteiger partial charge in [0.05, 0.1) is 11.4 Å². The van der Waals surface area contributed by atoms with Crippen molar-refractivity contribution in [3.8, 4) is 11.5 Å². The third-order valence-corrected chi connectivity index (χ3v) is 7.56. The molecule has 40 heavy (non-hydrogen) atoms. The van der Waals surface area contributed by atoms with Crippen molar-refractivity contribution in [1.82, 2.24) is 9.80 Å². The maximum absolute atomic E-state index is 13.4. The molecule has 3 aliphatic rings. The number of benzene rings is 4. The zero-order chi connectivity index (χ0) is 27.1. The Kier molecular flexibility index (Phi) is 6.00. The summed E-state index contributed by atoms with van der Waals surface area (Å²) in [6, 6.07) is 30.7. The van der Waals surface area contributed by atoms with Crippen LogP contribution in [0.1, 0.15) is 44.3 Å². The second kappa shape index (κ2) is 9.96. The standard InChI is InChI=1S/C32H28N4O4/c37-31(23-9-5-7-21(19-23)29-33-25-11-1-3-13-27(25)39-29)35-15-17-36(18-16-35)32(38)24-10-6-8-22(20-24)30-34-26-12-2-4-14-28(26)40-30/h1-14,19-20,29-30,33-34H,15-18H2. The number of nitrogens with one attached hydrogen (secondary N) is 2. The molecule has 7 rings (SSSR count).